The smallest absolute Gasteiger partial charge is 0.319 e. The third-order valence-electron chi connectivity index (χ3n) is 10.5. The molecule has 0 amide bonds. The maximum absolute atomic E-state index is 16.9. The molecular weight excluding hydrogens is 655 g/mol. The summed E-state index contributed by atoms with van der Waals surface area (Å²) < 4.78 is 58.3. The van der Waals surface area contributed by atoms with Gasteiger partial charge in [-0.15, -0.1) is 11.3 Å². The molecule has 0 spiro atoms. The summed E-state index contributed by atoms with van der Waals surface area (Å²) in [4.78, 5) is 15.4. The number of fused-ring (bicyclic) bond motifs is 3. The van der Waals surface area contributed by atoms with Crippen LogP contribution in [0, 0.1) is 23.0 Å². The molecule has 3 aliphatic heterocycles. The number of thiophene rings is 1. The molecule has 3 fully saturated rings. The number of benzene rings is 2. The largest absolute Gasteiger partial charge is 0.461 e. The first kappa shape index (κ1) is 33.5. The lowest BCUT2D eigenvalue weighted by molar-refractivity contribution is 0.00370. The predicted molar refractivity (Wildman–Crippen MR) is 183 cm³/mol. The SMILES string of the molecule is C=CC(O)N1CCC(N(C)c2nc(OCC34CCCN3CC(F)C4)nc3c(F)c(-c4ccc(F)c5sc(N)c(C#N)c45)ccc23)C1COC. The van der Waals surface area contributed by atoms with E-state index in [1.54, 1.807) is 19.2 Å². The second-order valence-electron chi connectivity index (χ2n) is 13.1. The van der Waals surface area contributed by atoms with Crippen molar-refractivity contribution in [2.75, 3.05) is 57.6 Å². The molecular formula is C35H38F3N7O3S. The van der Waals surface area contributed by atoms with Crippen LogP contribution in [-0.4, -0.2) is 102 Å². The summed E-state index contributed by atoms with van der Waals surface area (Å²) in [6, 6.07) is 7.51. The molecule has 2 aromatic heterocycles. The molecule has 10 nitrogen and oxygen atoms in total. The Labute approximate surface area is 286 Å². The van der Waals surface area contributed by atoms with Crippen LogP contribution in [-0.2, 0) is 4.74 Å². The number of nitrogens with zero attached hydrogens (tertiary/aromatic N) is 6. The van der Waals surface area contributed by atoms with Crippen molar-refractivity contribution in [1.82, 2.24) is 19.8 Å². The van der Waals surface area contributed by atoms with E-state index in [4.69, 9.17) is 20.2 Å². The summed E-state index contributed by atoms with van der Waals surface area (Å²) in [5.74, 6) is -0.848. The minimum Gasteiger partial charge on any atom is -0.461 e. The molecule has 49 heavy (non-hydrogen) atoms. The Morgan fingerprint density at radius 2 is 2.06 bits per heavy atom. The molecule has 3 saturated heterocycles. The highest BCUT2D eigenvalue weighted by Crippen LogP contribution is 2.44. The minimum atomic E-state index is -0.950. The van der Waals surface area contributed by atoms with Crippen LogP contribution in [0.2, 0.25) is 0 Å². The molecule has 5 heterocycles. The average Bonchev–Trinajstić information content (AvgIpc) is 3.85. The van der Waals surface area contributed by atoms with Crippen LogP contribution in [0.1, 0.15) is 31.2 Å². The van der Waals surface area contributed by atoms with Gasteiger partial charge >= 0.3 is 6.01 Å². The topological polar surface area (TPSA) is 124 Å². The zero-order chi connectivity index (χ0) is 34.6. The number of alkyl halides is 1. The number of methoxy groups -OCH3 is 1. The number of hydrogen-bond acceptors (Lipinski definition) is 11. The molecule has 4 aromatic rings. The Morgan fingerprint density at radius 3 is 2.82 bits per heavy atom. The number of halogens is 3. The number of nitriles is 1. The molecule has 0 saturated carbocycles. The molecule has 0 radical (unpaired) electrons. The lowest BCUT2D eigenvalue weighted by atomic mass is 9.95. The van der Waals surface area contributed by atoms with E-state index >= 15 is 4.39 Å². The molecule has 2 aromatic carbocycles. The quantitative estimate of drug-likeness (QED) is 0.214. The number of rotatable bonds is 10. The molecule has 3 N–H and O–H groups in total. The Balaban J connectivity index is 1.36. The van der Waals surface area contributed by atoms with Crippen molar-refractivity contribution in [1.29, 1.82) is 5.26 Å². The van der Waals surface area contributed by atoms with E-state index in [0.717, 1.165) is 30.7 Å². The van der Waals surface area contributed by atoms with Gasteiger partial charge in [-0.25, -0.2) is 13.2 Å². The van der Waals surface area contributed by atoms with Crippen LogP contribution >= 0.6 is 11.3 Å². The number of likely N-dealkylation sites (N-methyl/N-ethyl adjacent to an activating group) is 1. The number of nitrogen functional groups attached to an aromatic ring is 1. The number of anilines is 2. The van der Waals surface area contributed by atoms with Gasteiger partial charge in [0, 0.05) is 56.0 Å². The highest BCUT2D eigenvalue weighted by atomic mass is 32.1. The zero-order valence-electron chi connectivity index (χ0n) is 27.3. The maximum atomic E-state index is 16.9. The first-order valence-electron chi connectivity index (χ1n) is 16.3. The third kappa shape index (κ3) is 5.57. The number of likely N-dealkylation sites (tertiary alicyclic amines) is 1. The third-order valence-corrected chi connectivity index (χ3v) is 11.5. The highest BCUT2D eigenvalue weighted by Gasteiger charge is 2.49. The second kappa shape index (κ2) is 13.0. The fourth-order valence-corrected chi connectivity index (χ4v) is 9.10. The van der Waals surface area contributed by atoms with Crippen molar-refractivity contribution in [2.45, 2.75) is 55.7 Å². The van der Waals surface area contributed by atoms with Gasteiger partial charge in [0.25, 0.3) is 0 Å². The van der Waals surface area contributed by atoms with E-state index in [9.17, 15) is 19.1 Å². The Bertz CT molecular complexity index is 1970. The van der Waals surface area contributed by atoms with Crippen LogP contribution in [0.5, 0.6) is 6.01 Å². The number of nitrogens with two attached hydrogens (primary N) is 1. The van der Waals surface area contributed by atoms with E-state index in [2.05, 4.69) is 16.5 Å². The van der Waals surface area contributed by atoms with Gasteiger partial charge in [-0.05, 0) is 49.6 Å². The average molecular weight is 694 g/mol. The summed E-state index contributed by atoms with van der Waals surface area (Å²) in [7, 11) is 3.45. The normalized spacial score (nSPS) is 24.8. The maximum Gasteiger partial charge on any atom is 0.319 e. The molecule has 5 unspecified atom stereocenters. The first-order chi connectivity index (χ1) is 23.6. The van der Waals surface area contributed by atoms with Crippen LogP contribution in [0.15, 0.2) is 36.9 Å². The Hall–Kier alpha value is -4.00. The second-order valence-corrected chi connectivity index (χ2v) is 14.2. The van der Waals surface area contributed by atoms with Gasteiger partial charge in [0.05, 0.1) is 28.5 Å². The van der Waals surface area contributed by atoms with E-state index in [1.165, 1.54) is 18.2 Å². The zero-order valence-corrected chi connectivity index (χ0v) is 28.2. The van der Waals surface area contributed by atoms with Crippen molar-refractivity contribution in [3.63, 3.8) is 0 Å². The van der Waals surface area contributed by atoms with Crippen LogP contribution in [0.25, 0.3) is 32.1 Å². The number of ether oxygens (including phenoxy) is 2. The van der Waals surface area contributed by atoms with Gasteiger partial charge in [-0.2, -0.15) is 15.2 Å². The van der Waals surface area contributed by atoms with E-state index in [0.29, 0.717) is 49.3 Å². The number of hydrogen-bond donors (Lipinski definition) is 2. The van der Waals surface area contributed by atoms with Crippen molar-refractivity contribution in [3.8, 4) is 23.2 Å². The number of aliphatic hydroxyl groups excluding tert-OH is 1. The number of aromatic nitrogens is 2. The van der Waals surface area contributed by atoms with Crippen LogP contribution in [0.3, 0.4) is 0 Å². The standard InChI is InChI=1S/C35H38F3N7O3S/c1-4-27(46)45-13-10-25(26(45)17-47-3)43(2)33-22-7-6-21(20-8-9-24(37)31-28(20)23(15-39)32(40)49-31)29(38)30(22)41-34(42-33)48-18-35-11-5-12-44(35)16-19(36)14-35/h4,6-9,19,25-27,46H,1,5,10-14,16-18,40H2,2-3H3. The summed E-state index contributed by atoms with van der Waals surface area (Å²) in [5.41, 5.74) is 6.07. The van der Waals surface area contributed by atoms with Gasteiger partial charge in [0.15, 0.2) is 5.82 Å². The van der Waals surface area contributed by atoms with Crippen molar-refractivity contribution < 1.29 is 27.8 Å². The monoisotopic (exact) mass is 693 g/mol. The Morgan fingerprint density at radius 1 is 1.27 bits per heavy atom. The molecule has 7 rings (SSSR count). The highest BCUT2D eigenvalue weighted by molar-refractivity contribution is 7.23. The summed E-state index contributed by atoms with van der Waals surface area (Å²) in [5, 5.41) is 21.3. The lowest BCUT2D eigenvalue weighted by Crippen LogP contribution is -2.49. The van der Waals surface area contributed by atoms with Crippen LogP contribution < -0.4 is 15.4 Å². The molecule has 258 valence electrons. The number of aliphatic hydroxyl groups is 1. The summed E-state index contributed by atoms with van der Waals surface area (Å²) >= 11 is 0.941. The molecule has 0 bridgehead atoms. The van der Waals surface area contributed by atoms with Crippen molar-refractivity contribution >= 4 is 43.1 Å². The fourth-order valence-electron chi connectivity index (χ4n) is 8.15. The van der Waals surface area contributed by atoms with Gasteiger partial charge in [-0.3, -0.25) is 9.80 Å². The van der Waals surface area contributed by atoms with Crippen molar-refractivity contribution in [2.24, 2.45) is 0 Å². The predicted octanol–water partition coefficient (Wildman–Crippen LogP) is 5.23. The van der Waals surface area contributed by atoms with Gasteiger partial charge in [-0.1, -0.05) is 18.7 Å². The van der Waals surface area contributed by atoms with Gasteiger partial charge < -0.3 is 25.2 Å². The molecule has 14 heteroatoms. The summed E-state index contributed by atoms with van der Waals surface area (Å²) in [6.45, 7) is 5.92. The molecule has 0 aliphatic carbocycles. The minimum absolute atomic E-state index is 0.0247. The lowest BCUT2D eigenvalue weighted by Gasteiger charge is -2.35. The Kier molecular flexibility index (Phi) is 8.91. The molecule has 3 aliphatic rings. The first-order valence-corrected chi connectivity index (χ1v) is 17.1. The van der Waals surface area contributed by atoms with Gasteiger partial charge in [0.2, 0.25) is 0 Å². The summed E-state index contributed by atoms with van der Waals surface area (Å²) in [6.07, 6.45) is 2.35. The fraction of sp³-hybridized carbons (Fsp3) is 0.457. The van der Waals surface area contributed by atoms with E-state index in [1.807, 2.05) is 22.9 Å². The van der Waals surface area contributed by atoms with Gasteiger partial charge in [0.1, 0.15) is 47.2 Å². The molecule has 5 atom stereocenters. The van der Waals surface area contributed by atoms with E-state index < -0.39 is 29.6 Å². The van der Waals surface area contributed by atoms with E-state index in [-0.39, 0.29) is 56.4 Å². The van der Waals surface area contributed by atoms with Crippen LogP contribution in [0.4, 0.5) is 24.0 Å². The van der Waals surface area contributed by atoms with Crippen molar-refractivity contribution in [3.05, 3.63) is 54.1 Å².